The quantitative estimate of drug-likeness (QED) is 0.828. The van der Waals surface area contributed by atoms with E-state index in [1.165, 1.54) is 12.1 Å². The Morgan fingerprint density at radius 3 is 2.38 bits per heavy atom. The molecule has 0 saturated carbocycles. The van der Waals surface area contributed by atoms with Gasteiger partial charge in [-0.25, -0.2) is 0 Å². The zero-order valence-electron chi connectivity index (χ0n) is 15.1. The van der Waals surface area contributed by atoms with E-state index in [-0.39, 0.29) is 36.3 Å². The highest BCUT2D eigenvalue weighted by Crippen LogP contribution is 2.36. The first-order valence-corrected chi connectivity index (χ1v) is 8.93. The van der Waals surface area contributed by atoms with Crippen LogP contribution in [-0.2, 0) is 11.0 Å². The molecule has 3 rings (SSSR count). The topological polar surface area (TPSA) is 32.3 Å². The predicted octanol–water partition coefficient (Wildman–Crippen LogP) is 4.36. The van der Waals surface area contributed by atoms with Crippen molar-refractivity contribution < 1.29 is 18.0 Å². The number of fused-ring (bicyclic) bond motifs is 2. The van der Waals surface area contributed by atoms with Crippen molar-refractivity contribution in [3.63, 3.8) is 0 Å². The maximum absolute atomic E-state index is 13.2. The van der Waals surface area contributed by atoms with Crippen molar-refractivity contribution in [2.45, 2.75) is 69.2 Å². The molecule has 2 aliphatic heterocycles. The summed E-state index contributed by atoms with van der Waals surface area (Å²) in [4.78, 5) is 14.4. The average Bonchev–Trinajstić information content (AvgIpc) is 2.91. The number of hydrogen-bond donors (Lipinski definition) is 1. The molecule has 26 heavy (non-hydrogen) atoms. The van der Waals surface area contributed by atoms with Gasteiger partial charge in [-0.1, -0.05) is 25.1 Å². The molecule has 3 atom stereocenters. The van der Waals surface area contributed by atoms with Gasteiger partial charge in [0.1, 0.15) is 0 Å². The van der Waals surface area contributed by atoms with Gasteiger partial charge in [0.25, 0.3) is 0 Å². The summed E-state index contributed by atoms with van der Waals surface area (Å²) in [6.07, 6.45) is -0.119. The number of carbonyl (C=O) groups is 1. The number of amides is 1. The lowest BCUT2D eigenvalue weighted by atomic mass is 9.91. The second-order valence-corrected chi connectivity index (χ2v) is 7.46. The van der Waals surface area contributed by atoms with Gasteiger partial charge in [-0.15, -0.1) is 12.4 Å². The fourth-order valence-electron chi connectivity index (χ4n) is 4.25. The third-order valence-electron chi connectivity index (χ3n) is 5.67. The summed E-state index contributed by atoms with van der Waals surface area (Å²) in [6, 6.07) is 6.69. The van der Waals surface area contributed by atoms with Crippen molar-refractivity contribution in [3.05, 3.63) is 35.4 Å². The average molecular weight is 391 g/mol. The Labute approximate surface area is 158 Å². The zero-order chi connectivity index (χ0) is 18.2. The molecule has 7 heteroatoms. The van der Waals surface area contributed by atoms with Crippen molar-refractivity contribution >= 4 is 18.3 Å². The van der Waals surface area contributed by atoms with E-state index < -0.39 is 17.7 Å². The molecule has 0 spiro atoms. The normalized spacial score (nSPS) is 26.1. The zero-order valence-corrected chi connectivity index (χ0v) is 15.9. The van der Waals surface area contributed by atoms with Gasteiger partial charge in [-0.05, 0) is 43.2 Å². The fourth-order valence-corrected chi connectivity index (χ4v) is 4.25. The van der Waals surface area contributed by atoms with Crippen molar-refractivity contribution in [2.24, 2.45) is 0 Å². The molecule has 0 aliphatic carbocycles. The fraction of sp³-hybridized carbons (Fsp3) is 0.632. The summed E-state index contributed by atoms with van der Waals surface area (Å²) in [6.45, 7) is 1.70. The Hall–Kier alpha value is -1.27. The Bertz CT molecular complexity index is 625. The number of alkyl halides is 3. The maximum atomic E-state index is 13.2. The number of nitrogens with one attached hydrogen (secondary N) is 1. The molecule has 3 nitrogen and oxygen atoms in total. The summed E-state index contributed by atoms with van der Waals surface area (Å²) < 4.78 is 39.6. The van der Waals surface area contributed by atoms with Crippen molar-refractivity contribution in [3.8, 4) is 0 Å². The number of benzene rings is 1. The largest absolute Gasteiger partial charge is 0.416 e. The van der Waals surface area contributed by atoms with E-state index in [0.29, 0.717) is 12.1 Å². The van der Waals surface area contributed by atoms with Gasteiger partial charge in [0.05, 0.1) is 5.56 Å². The van der Waals surface area contributed by atoms with Gasteiger partial charge in [-0.3, -0.25) is 4.79 Å². The van der Waals surface area contributed by atoms with Gasteiger partial charge in [0, 0.05) is 31.6 Å². The van der Waals surface area contributed by atoms with Crippen molar-refractivity contribution in [2.75, 3.05) is 7.05 Å². The smallest absolute Gasteiger partial charge is 0.343 e. The van der Waals surface area contributed by atoms with Crippen LogP contribution in [0.15, 0.2) is 24.3 Å². The molecule has 1 N–H and O–H groups in total. The first-order valence-electron chi connectivity index (χ1n) is 8.93. The van der Waals surface area contributed by atoms with Crippen LogP contribution in [0.3, 0.4) is 0 Å². The van der Waals surface area contributed by atoms with E-state index in [1.807, 2.05) is 0 Å². The molecular weight excluding hydrogens is 365 g/mol. The van der Waals surface area contributed by atoms with Crippen LogP contribution in [0.2, 0.25) is 0 Å². The van der Waals surface area contributed by atoms with Crippen LogP contribution in [-0.4, -0.2) is 36.0 Å². The summed E-state index contributed by atoms with van der Waals surface area (Å²) in [5.74, 6) is -0.540. The monoisotopic (exact) mass is 390 g/mol. The van der Waals surface area contributed by atoms with E-state index >= 15 is 0 Å². The van der Waals surface area contributed by atoms with Crippen LogP contribution in [0.4, 0.5) is 13.2 Å². The van der Waals surface area contributed by atoms with Crippen LogP contribution in [0.1, 0.15) is 56.1 Å². The van der Waals surface area contributed by atoms with Gasteiger partial charge in [0.2, 0.25) is 5.91 Å². The predicted molar refractivity (Wildman–Crippen MR) is 97.5 cm³/mol. The number of carbonyl (C=O) groups excluding carboxylic acids is 1. The second-order valence-electron chi connectivity index (χ2n) is 7.46. The third-order valence-corrected chi connectivity index (χ3v) is 5.67. The van der Waals surface area contributed by atoms with Crippen LogP contribution < -0.4 is 5.32 Å². The highest BCUT2D eigenvalue weighted by atomic mass is 35.5. The maximum Gasteiger partial charge on any atom is 0.416 e. The standard InChI is InChI=1S/C19H25F3N2O.ClH/c1-12(16-5-3-4-6-17(16)19(20,21)22)9-18(25)24(2)15-10-13-7-8-14(11-15)23-13;/h3-6,12-15,23H,7-11H2,1-2H3;1H. The van der Waals surface area contributed by atoms with E-state index in [4.69, 9.17) is 0 Å². The Morgan fingerprint density at radius 1 is 1.23 bits per heavy atom. The van der Waals surface area contributed by atoms with Gasteiger partial charge < -0.3 is 10.2 Å². The minimum absolute atomic E-state index is 0. The number of piperidine rings is 1. The molecule has 0 radical (unpaired) electrons. The summed E-state index contributed by atoms with van der Waals surface area (Å²) in [5.41, 5.74) is -0.444. The van der Waals surface area contributed by atoms with E-state index in [9.17, 15) is 18.0 Å². The van der Waals surface area contributed by atoms with E-state index in [2.05, 4.69) is 5.32 Å². The highest BCUT2D eigenvalue weighted by Gasteiger charge is 2.37. The van der Waals surface area contributed by atoms with Crippen LogP contribution in [0.5, 0.6) is 0 Å². The number of nitrogens with zero attached hydrogens (tertiary/aromatic N) is 1. The summed E-state index contributed by atoms with van der Waals surface area (Å²) in [5, 5.41) is 3.54. The lowest BCUT2D eigenvalue weighted by Crippen LogP contribution is -2.48. The molecule has 3 unspecified atom stereocenters. The molecule has 2 bridgehead atoms. The number of halogens is 4. The van der Waals surface area contributed by atoms with Crippen molar-refractivity contribution in [1.82, 2.24) is 10.2 Å². The summed E-state index contributed by atoms with van der Waals surface area (Å²) in [7, 11) is 1.79. The molecule has 2 fully saturated rings. The van der Waals surface area contributed by atoms with Gasteiger partial charge >= 0.3 is 6.18 Å². The molecular formula is C19H26ClF3N2O. The SMILES string of the molecule is CC(CC(=O)N(C)C1CC2CCC(C1)N2)c1ccccc1C(F)(F)F.Cl. The molecule has 2 heterocycles. The molecule has 1 aromatic carbocycles. The first kappa shape index (κ1) is 21.0. The molecule has 2 saturated heterocycles. The molecule has 2 aliphatic rings. The van der Waals surface area contributed by atoms with E-state index in [1.54, 1.807) is 24.9 Å². The minimum Gasteiger partial charge on any atom is -0.343 e. The third kappa shape index (κ3) is 4.52. The number of rotatable bonds is 4. The Kier molecular flexibility index (Phi) is 6.61. The minimum atomic E-state index is -4.39. The molecule has 1 amide bonds. The van der Waals surface area contributed by atoms with Crippen LogP contribution in [0.25, 0.3) is 0 Å². The first-order chi connectivity index (χ1) is 11.8. The molecule has 1 aromatic rings. The number of hydrogen-bond acceptors (Lipinski definition) is 2. The van der Waals surface area contributed by atoms with Crippen molar-refractivity contribution in [1.29, 1.82) is 0 Å². The molecule has 146 valence electrons. The lowest BCUT2D eigenvalue weighted by Gasteiger charge is -2.36. The lowest BCUT2D eigenvalue weighted by molar-refractivity contribution is -0.139. The van der Waals surface area contributed by atoms with Gasteiger partial charge in [0.15, 0.2) is 0 Å². The second kappa shape index (κ2) is 8.17. The van der Waals surface area contributed by atoms with E-state index in [0.717, 1.165) is 31.7 Å². The van der Waals surface area contributed by atoms with Gasteiger partial charge in [-0.2, -0.15) is 13.2 Å². The molecule has 0 aromatic heterocycles. The Balaban J connectivity index is 0.00000243. The Morgan fingerprint density at radius 2 is 1.81 bits per heavy atom. The highest BCUT2D eigenvalue weighted by molar-refractivity contribution is 5.85. The van der Waals surface area contributed by atoms with Crippen LogP contribution >= 0.6 is 12.4 Å². The summed E-state index contributed by atoms with van der Waals surface area (Å²) >= 11 is 0. The van der Waals surface area contributed by atoms with Crippen LogP contribution in [0, 0.1) is 0 Å².